The van der Waals surface area contributed by atoms with Crippen LogP contribution < -0.4 is 4.74 Å². The highest BCUT2D eigenvalue weighted by molar-refractivity contribution is 5.92. The maximum absolute atomic E-state index is 13.3. The summed E-state index contributed by atoms with van der Waals surface area (Å²) in [5.41, 5.74) is 0.471. The van der Waals surface area contributed by atoms with E-state index < -0.39 is 11.8 Å². The van der Waals surface area contributed by atoms with Gasteiger partial charge >= 0.3 is 5.97 Å². The van der Waals surface area contributed by atoms with Crippen molar-refractivity contribution in [1.82, 2.24) is 4.98 Å². The number of benzene rings is 1. The first-order chi connectivity index (χ1) is 10.6. The molecule has 2 rings (SSSR count). The molecule has 1 aromatic carbocycles. The molecule has 0 saturated heterocycles. The van der Waals surface area contributed by atoms with Crippen molar-refractivity contribution in [3.05, 3.63) is 47.4 Å². The quantitative estimate of drug-likeness (QED) is 0.853. The zero-order valence-electron chi connectivity index (χ0n) is 11.5. The van der Waals surface area contributed by atoms with Crippen molar-refractivity contribution < 1.29 is 23.8 Å². The lowest BCUT2D eigenvalue weighted by Gasteiger charge is -2.09. The van der Waals surface area contributed by atoms with Gasteiger partial charge in [0.25, 0.3) is 0 Å². The number of ether oxygens (including phenoxy) is 2. The molecule has 0 amide bonds. The van der Waals surface area contributed by atoms with E-state index in [9.17, 15) is 14.3 Å². The number of carbonyl (C=O) groups is 1. The first kappa shape index (κ1) is 15.4. The van der Waals surface area contributed by atoms with Crippen LogP contribution in [-0.4, -0.2) is 30.0 Å². The average molecular weight is 302 g/mol. The molecule has 7 heteroatoms. The minimum atomic E-state index is -1.20. The van der Waals surface area contributed by atoms with E-state index in [0.717, 1.165) is 6.07 Å². The summed E-state index contributed by atoms with van der Waals surface area (Å²) in [5, 5.41) is 18.1. The predicted molar refractivity (Wildman–Crippen MR) is 73.8 cm³/mol. The summed E-state index contributed by atoms with van der Waals surface area (Å²) in [6, 6.07) is 6.87. The molecule has 1 aromatic heterocycles. The van der Waals surface area contributed by atoms with Gasteiger partial charge in [0.05, 0.1) is 17.5 Å². The normalized spacial score (nSPS) is 10.0. The standard InChI is InChI=1S/C15H11FN2O4/c1-21-8-22-14-7-18-13(5-11(14)15(19)20)9-2-3-12(16)10(4-9)6-17/h2-5,7H,8H2,1H3,(H,19,20). The molecule has 6 nitrogen and oxygen atoms in total. The number of aromatic nitrogens is 1. The van der Waals surface area contributed by atoms with Crippen molar-refractivity contribution in [2.75, 3.05) is 13.9 Å². The molecule has 112 valence electrons. The Bertz CT molecular complexity index is 756. The summed E-state index contributed by atoms with van der Waals surface area (Å²) in [4.78, 5) is 15.4. The van der Waals surface area contributed by atoms with Gasteiger partial charge in [-0.05, 0) is 24.3 Å². The van der Waals surface area contributed by atoms with Crippen LogP contribution >= 0.6 is 0 Å². The molecule has 0 radical (unpaired) electrons. The maximum atomic E-state index is 13.3. The van der Waals surface area contributed by atoms with Gasteiger partial charge in [0.2, 0.25) is 0 Å². The van der Waals surface area contributed by atoms with Crippen molar-refractivity contribution in [3.8, 4) is 23.1 Å². The Morgan fingerprint density at radius 3 is 2.86 bits per heavy atom. The number of hydrogen-bond donors (Lipinski definition) is 1. The molecule has 0 aliphatic heterocycles. The summed E-state index contributed by atoms with van der Waals surface area (Å²) >= 11 is 0. The molecular formula is C15H11FN2O4. The SMILES string of the molecule is COCOc1cnc(-c2ccc(F)c(C#N)c2)cc1C(=O)O. The first-order valence-corrected chi connectivity index (χ1v) is 6.12. The third-order valence-electron chi connectivity index (χ3n) is 2.81. The van der Waals surface area contributed by atoms with Crippen LogP contribution in [0.1, 0.15) is 15.9 Å². The highest BCUT2D eigenvalue weighted by atomic mass is 19.1. The summed E-state index contributed by atoms with van der Waals surface area (Å²) in [5.74, 6) is -1.79. The third-order valence-corrected chi connectivity index (χ3v) is 2.81. The fourth-order valence-electron chi connectivity index (χ4n) is 1.78. The molecule has 0 aliphatic rings. The highest BCUT2D eigenvalue weighted by Gasteiger charge is 2.15. The number of carboxylic acids is 1. The van der Waals surface area contributed by atoms with E-state index in [1.54, 1.807) is 6.07 Å². The fourth-order valence-corrected chi connectivity index (χ4v) is 1.78. The lowest BCUT2D eigenvalue weighted by molar-refractivity contribution is 0.0481. The van der Waals surface area contributed by atoms with Crippen molar-refractivity contribution in [2.45, 2.75) is 0 Å². The summed E-state index contributed by atoms with van der Waals surface area (Å²) < 4.78 is 23.2. The van der Waals surface area contributed by atoms with E-state index in [1.807, 2.05) is 0 Å². The molecule has 1 N–H and O–H groups in total. The van der Waals surface area contributed by atoms with Crippen molar-refractivity contribution in [1.29, 1.82) is 5.26 Å². The zero-order chi connectivity index (χ0) is 16.1. The van der Waals surface area contributed by atoms with Gasteiger partial charge < -0.3 is 14.6 Å². The minimum absolute atomic E-state index is 0.0562. The Hall–Kier alpha value is -2.98. The predicted octanol–water partition coefficient (Wildman–Crippen LogP) is 2.44. The Kier molecular flexibility index (Phi) is 4.66. The van der Waals surface area contributed by atoms with Gasteiger partial charge in [-0.3, -0.25) is 4.98 Å². The van der Waals surface area contributed by atoms with Crippen LogP contribution in [0.25, 0.3) is 11.3 Å². The minimum Gasteiger partial charge on any atom is -0.478 e. The number of carboxylic acid groups (broad SMARTS) is 1. The van der Waals surface area contributed by atoms with Crippen molar-refractivity contribution in [3.63, 3.8) is 0 Å². The second-order valence-corrected chi connectivity index (χ2v) is 4.23. The van der Waals surface area contributed by atoms with Crippen molar-refractivity contribution >= 4 is 5.97 Å². The second-order valence-electron chi connectivity index (χ2n) is 4.23. The number of halogens is 1. The number of hydrogen-bond acceptors (Lipinski definition) is 5. The maximum Gasteiger partial charge on any atom is 0.339 e. The number of rotatable bonds is 5. The summed E-state index contributed by atoms with van der Waals surface area (Å²) in [7, 11) is 1.41. The van der Waals surface area contributed by atoms with E-state index in [4.69, 9.17) is 14.7 Å². The van der Waals surface area contributed by atoms with E-state index in [2.05, 4.69) is 4.98 Å². The Morgan fingerprint density at radius 2 is 2.23 bits per heavy atom. The molecular weight excluding hydrogens is 291 g/mol. The van der Waals surface area contributed by atoms with E-state index in [-0.39, 0.29) is 23.7 Å². The average Bonchev–Trinajstić information content (AvgIpc) is 2.53. The van der Waals surface area contributed by atoms with Gasteiger partial charge in [0.1, 0.15) is 17.4 Å². The highest BCUT2D eigenvalue weighted by Crippen LogP contribution is 2.25. The van der Waals surface area contributed by atoms with Crippen LogP contribution in [0.5, 0.6) is 5.75 Å². The van der Waals surface area contributed by atoms with Gasteiger partial charge in [0.15, 0.2) is 12.5 Å². The Labute approximate surface area is 125 Å². The molecule has 0 atom stereocenters. The third kappa shape index (κ3) is 3.19. The van der Waals surface area contributed by atoms with Crippen LogP contribution in [0.3, 0.4) is 0 Å². The molecule has 1 heterocycles. The van der Waals surface area contributed by atoms with Gasteiger partial charge in [-0.25, -0.2) is 9.18 Å². The number of methoxy groups -OCH3 is 1. The van der Waals surface area contributed by atoms with Crippen LogP contribution in [-0.2, 0) is 4.74 Å². The van der Waals surface area contributed by atoms with Crippen LogP contribution in [0.15, 0.2) is 30.5 Å². The Balaban J connectivity index is 2.47. The number of nitrogens with zero attached hydrogens (tertiary/aromatic N) is 2. The molecule has 0 bridgehead atoms. The molecule has 0 spiro atoms. The number of aromatic carboxylic acids is 1. The Morgan fingerprint density at radius 1 is 1.45 bits per heavy atom. The smallest absolute Gasteiger partial charge is 0.339 e. The van der Waals surface area contributed by atoms with Crippen molar-refractivity contribution in [2.24, 2.45) is 0 Å². The van der Waals surface area contributed by atoms with Gasteiger partial charge in [-0.15, -0.1) is 0 Å². The lowest BCUT2D eigenvalue weighted by atomic mass is 10.1. The lowest BCUT2D eigenvalue weighted by Crippen LogP contribution is -2.06. The van der Waals surface area contributed by atoms with Crippen LogP contribution in [0, 0.1) is 17.1 Å². The topological polar surface area (TPSA) is 92.4 Å². The van der Waals surface area contributed by atoms with E-state index in [1.165, 1.54) is 31.5 Å². The first-order valence-electron chi connectivity index (χ1n) is 6.12. The fraction of sp³-hybridized carbons (Fsp3) is 0.133. The van der Waals surface area contributed by atoms with Gasteiger partial charge in [-0.1, -0.05) is 0 Å². The second kappa shape index (κ2) is 6.65. The monoisotopic (exact) mass is 302 g/mol. The molecule has 0 fully saturated rings. The van der Waals surface area contributed by atoms with Crippen LogP contribution in [0.2, 0.25) is 0 Å². The zero-order valence-corrected chi connectivity index (χ0v) is 11.5. The van der Waals surface area contributed by atoms with E-state index in [0.29, 0.717) is 11.3 Å². The molecule has 22 heavy (non-hydrogen) atoms. The molecule has 0 unspecified atom stereocenters. The molecule has 2 aromatic rings. The number of nitriles is 1. The van der Waals surface area contributed by atoms with Gasteiger partial charge in [0, 0.05) is 12.7 Å². The number of pyridine rings is 1. The molecule has 0 saturated carbocycles. The summed E-state index contributed by atoms with van der Waals surface area (Å²) in [6.07, 6.45) is 1.24. The summed E-state index contributed by atoms with van der Waals surface area (Å²) in [6.45, 7) is -0.115. The van der Waals surface area contributed by atoms with Gasteiger partial charge in [-0.2, -0.15) is 5.26 Å². The van der Waals surface area contributed by atoms with Crippen LogP contribution in [0.4, 0.5) is 4.39 Å². The molecule has 0 aliphatic carbocycles. The largest absolute Gasteiger partial charge is 0.478 e. The van der Waals surface area contributed by atoms with E-state index >= 15 is 0 Å².